The first-order chi connectivity index (χ1) is 8.80. The molecule has 1 aromatic rings. The molecule has 0 aliphatic carbocycles. The van der Waals surface area contributed by atoms with Crippen molar-refractivity contribution in [3.05, 3.63) is 35.6 Å². The second kappa shape index (κ2) is 6.63. The Morgan fingerprint density at radius 3 is 2.47 bits per heavy atom. The topological polar surface area (TPSA) is 83.5 Å². The van der Waals surface area contributed by atoms with Crippen molar-refractivity contribution < 1.29 is 22.7 Å². The van der Waals surface area contributed by atoms with Gasteiger partial charge in [0.25, 0.3) is 0 Å². The number of benzene rings is 1. The van der Waals surface area contributed by atoms with E-state index in [0.29, 0.717) is 5.56 Å². The first kappa shape index (κ1) is 15.6. The van der Waals surface area contributed by atoms with E-state index in [1.807, 2.05) is 0 Å². The summed E-state index contributed by atoms with van der Waals surface area (Å²) in [6.07, 6.45) is -0.132. The van der Waals surface area contributed by atoms with Crippen molar-refractivity contribution in [3.8, 4) is 0 Å². The summed E-state index contributed by atoms with van der Waals surface area (Å²) >= 11 is 0. The lowest BCUT2D eigenvalue weighted by Crippen LogP contribution is -2.29. The average Bonchev–Trinajstić information content (AvgIpc) is 2.28. The van der Waals surface area contributed by atoms with Crippen LogP contribution in [0.15, 0.2) is 24.3 Å². The van der Waals surface area contributed by atoms with E-state index in [0.717, 1.165) is 0 Å². The van der Waals surface area contributed by atoms with Crippen LogP contribution in [0.2, 0.25) is 0 Å². The summed E-state index contributed by atoms with van der Waals surface area (Å²) in [5.41, 5.74) is 0.642. The third kappa shape index (κ3) is 5.80. The van der Waals surface area contributed by atoms with Gasteiger partial charge in [-0.15, -0.1) is 0 Å². The van der Waals surface area contributed by atoms with Crippen LogP contribution < -0.4 is 4.72 Å². The highest BCUT2D eigenvalue weighted by Crippen LogP contribution is 2.14. The Morgan fingerprint density at radius 1 is 1.37 bits per heavy atom. The number of carboxylic acids is 1. The van der Waals surface area contributed by atoms with Crippen molar-refractivity contribution in [2.45, 2.75) is 25.8 Å². The van der Waals surface area contributed by atoms with Gasteiger partial charge in [0.1, 0.15) is 5.82 Å². The second-order valence-electron chi connectivity index (χ2n) is 4.21. The minimum Gasteiger partial charge on any atom is -0.481 e. The molecule has 7 heteroatoms. The number of carbonyl (C=O) groups is 1. The van der Waals surface area contributed by atoms with Crippen LogP contribution in [0.5, 0.6) is 0 Å². The van der Waals surface area contributed by atoms with Gasteiger partial charge in [0.05, 0.1) is 5.75 Å². The molecule has 0 radical (unpaired) electrons. The van der Waals surface area contributed by atoms with Crippen molar-refractivity contribution in [1.82, 2.24) is 4.72 Å². The van der Waals surface area contributed by atoms with Crippen LogP contribution in [-0.4, -0.2) is 25.2 Å². The molecule has 0 spiro atoms. The van der Waals surface area contributed by atoms with E-state index in [2.05, 4.69) is 4.72 Å². The second-order valence-corrected chi connectivity index (χ2v) is 6.08. The van der Waals surface area contributed by atoms with Gasteiger partial charge in [0.2, 0.25) is 10.0 Å². The highest BCUT2D eigenvalue weighted by atomic mass is 32.2. The Labute approximate surface area is 111 Å². The van der Waals surface area contributed by atoms with Gasteiger partial charge in [-0.1, -0.05) is 12.1 Å². The smallest absolute Gasteiger partial charge is 0.303 e. The number of aliphatic carboxylic acids is 1. The van der Waals surface area contributed by atoms with Crippen LogP contribution in [0.4, 0.5) is 4.39 Å². The zero-order valence-electron chi connectivity index (χ0n) is 10.5. The van der Waals surface area contributed by atoms with E-state index in [1.165, 1.54) is 24.3 Å². The van der Waals surface area contributed by atoms with Gasteiger partial charge in [-0.25, -0.2) is 17.5 Å². The number of nitrogens with one attached hydrogen (secondary N) is 1. The summed E-state index contributed by atoms with van der Waals surface area (Å²) in [5, 5.41) is 8.45. The van der Waals surface area contributed by atoms with E-state index in [1.54, 1.807) is 6.92 Å². The molecule has 0 aliphatic rings. The van der Waals surface area contributed by atoms with E-state index >= 15 is 0 Å². The average molecular weight is 289 g/mol. The van der Waals surface area contributed by atoms with Gasteiger partial charge in [-0.3, -0.25) is 4.79 Å². The normalized spacial score (nSPS) is 13.2. The monoisotopic (exact) mass is 289 g/mol. The van der Waals surface area contributed by atoms with Crippen molar-refractivity contribution in [2.24, 2.45) is 0 Å². The highest BCUT2D eigenvalue weighted by molar-refractivity contribution is 7.89. The third-order valence-corrected chi connectivity index (χ3v) is 4.07. The summed E-state index contributed by atoms with van der Waals surface area (Å²) in [4.78, 5) is 10.3. The molecule has 19 heavy (non-hydrogen) atoms. The Bertz CT molecular complexity index is 527. The molecule has 0 heterocycles. The standard InChI is InChI=1S/C12H16FNO4S/c1-9(10-4-6-11(13)7-5-10)14-19(17,18)8-2-3-12(15)16/h4-7,9,14H,2-3,8H2,1H3,(H,15,16)/t9-/m1/s1. The number of halogens is 1. The Kier molecular flexibility index (Phi) is 5.44. The highest BCUT2D eigenvalue weighted by Gasteiger charge is 2.16. The zero-order valence-corrected chi connectivity index (χ0v) is 11.3. The van der Waals surface area contributed by atoms with E-state index < -0.39 is 22.0 Å². The SMILES string of the molecule is C[C@@H](NS(=O)(=O)CCCC(=O)O)c1ccc(F)cc1. The first-order valence-electron chi connectivity index (χ1n) is 5.77. The van der Waals surface area contributed by atoms with E-state index in [-0.39, 0.29) is 24.4 Å². The fraction of sp³-hybridized carbons (Fsp3) is 0.417. The largest absolute Gasteiger partial charge is 0.481 e. The minimum absolute atomic E-state index is 0.0564. The molecule has 5 nitrogen and oxygen atoms in total. The molecule has 106 valence electrons. The van der Waals surface area contributed by atoms with Gasteiger partial charge in [0, 0.05) is 12.5 Å². The summed E-state index contributed by atoms with van der Waals surface area (Å²) < 4.78 is 38.5. The molecule has 0 saturated carbocycles. The van der Waals surface area contributed by atoms with Crippen molar-refractivity contribution >= 4 is 16.0 Å². The summed E-state index contributed by atoms with van der Waals surface area (Å²) in [7, 11) is -3.54. The van der Waals surface area contributed by atoms with Crippen molar-refractivity contribution in [3.63, 3.8) is 0 Å². The maximum Gasteiger partial charge on any atom is 0.303 e. The van der Waals surface area contributed by atoms with Crippen molar-refractivity contribution in [2.75, 3.05) is 5.75 Å². The van der Waals surface area contributed by atoms with Crippen LogP contribution in [0.1, 0.15) is 31.4 Å². The lowest BCUT2D eigenvalue weighted by atomic mass is 10.1. The zero-order chi connectivity index (χ0) is 14.5. The molecule has 1 rings (SSSR count). The number of hydrogen-bond acceptors (Lipinski definition) is 3. The van der Waals surface area contributed by atoms with Crippen LogP contribution in [0, 0.1) is 5.82 Å². The molecule has 0 saturated heterocycles. The van der Waals surface area contributed by atoms with Gasteiger partial charge in [-0.2, -0.15) is 0 Å². The molecule has 0 fully saturated rings. The molecule has 0 unspecified atom stereocenters. The number of sulfonamides is 1. The lowest BCUT2D eigenvalue weighted by molar-refractivity contribution is -0.137. The van der Waals surface area contributed by atoms with Crippen molar-refractivity contribution in [1.29, 1.82) is 0 Å². The molecule has 1 aromatic carbocycles. The fourth-order valence-corrected chi connectivity index (χ4v) is 2.88. The number of rotatable bonds is 7. The molecule has 0 amide bonds. The maximum atomic E-state index is 12.7. The molecule has 0 aliphatic heterocycles. The van der Waals surface area contributed by atoms with Crippen LogP contribution in [0.3, 0.4) is 0 Å². The Morgan fingerprint density at radius 2 is 1.95 bits per heavy atom. The molecule has 0 bridgehead atoms. The van der Waals surface area contributed by atoms with Crippen LogP contribution in [0.25, 0.3) is 0 Å². The fourth-order valence-electron chi connectivity index (χ4n) is 1.56. The van der Waals surface area contributed by atoms with Gasteiger partial charge in [0.15, 0.2) is 0 Å². The lowest BCUT2D eigenvalue weighted by Gasteiger charge is -2.14. The quantitative estimate of drug-likeness (QED) is 0.799. The summed E-state index contributed by atoms with van der Waals surface area (Å²) in [6, 6.07) is 5.02. The Balaban J connectivity index is 2.57. The third-order valence-electron chi connectivity index (χ3n) is 2.53. The molecule has 0 aromatic heterocycles. The van der Waals surface area contributed by atoms with Gasteiger partial charge < -0.3 is 5.11 Å². The summed E-state index contributed by atoms with van der Waals surface area (Å²) in [6.45, 7) is 1.64. The predicted octanol–water partition coefficient (Wildman–Crippen LogP) is 1.67. The first-order valence-corrected chi connectivity index (χ1v) is 7.42. The van der Waals surface area contributed by atoms with Crippen LogP contribution >= 0.6 is 0 Å². The van der Waals surface area contributed by atoms with E-state index in [4.69, 9.17) is 5.11 Å². The Hall–Kier alpha value is -1.47. The van der Waals surface area contributed by atoms with Gasteiger partial charge >= 0.3 is 5.97 Å². The molecule has 2 N–H and O–H groups in total. The van der Waals surface area contributed by atoms with Crippen LogP contribution in [-0.2, 0) is 14.8 Å². The molecular formula is C12H16FNO4S. The maximum absolute atomic E-state index is 12.7. The minimum atomic E-state index is -3.54. The summed E-state index contributed by atoms with van der Waals surface area (Å²) in [5.74, 6) is -1.66. The number of hydrogen-bond donors (Lipinski definition) is 2. The van der Waals surface area contributed by atoms with E-state index in [9.17, 15) is 17.6 Å². The van der Waals surface area contributed by atoms with Gasteiger partial charge in [-0.05, 0) is 31.0 Å². The molecule has 1 atom stereocenters. The molecular weight excluding hydrogens is 273 g/mol. The predicted molar refractivity (Wildman–Crippen MR) is 68.6 cm³/mol. The number of carboxylic acid groups (broad SMARTS) is 1.